The molecule has 0 N–H and O–H groups in total. The van der Waals surface area contributed by atoms with Gasteiger partial charge >= 0.3 is 0 Å². The number of hydrogen-bond donors (Lipinski definition) is 0. The van der Waals surface area contributed by atoms with Gasteiger partial charge in [-0.25, -0.2) is 0 Å². The summed E-state index contributed by atoms with van der Waals surface area (Å²) in [7, 11) is 0. The number of fused-ring (bicyclic) bond motifs is 8. The van der Waals surface area contributed by atoms with Gasteiger partial charge < -0.3 is 9.80 Å². The van der Waals surface area contributed by atoms with E-state index < -0.39 is 0 Å². The first-order valence-corrected chi connectivity index (χ1v) is 28.3. The monoisotopic (exact) mass is 945 g/mol. The highest BCUT2D eigenvalue weighted by molar-refractivity contribution is 8.06. The Kier molecular flexibility index (Phi) is 9.89. The van der Waals surface area contributed by atoms with Crippen molar-refractivity contribution in [2.75, 3.05) is 9.80 Å². The van der Waals surface area contributed by atoms with E-state index in [1.165, 1.54) is 130 Å². The summed E-state index contributed by atoms with van der Waals surface area (Å²) in [5.74, 6) is 0.398. The Bertz CT molecular complexity index is 3070. The molecule has 2 nitrogen and oxygen atoms in total. The maximum absolute atomic E-state index is 2.88. The second-order valence-corrected chi connectivity index (χ2v) is 30.0. The molecule has 0 radical (unpaired) electrons. The summed E-state index contributed by atoms with van der Waals surface area (Å²) in [5, 5.41) is 0.476. The predicted molar refractivity (Wildman–Crippen MR) is 305 cm³/mol. The average molecular weight is 945 g/mol. The highest BCUT2D eigenvalue weighted by Gasteiger charge is 2.60. The first-order valence-electron chi connectivity index (χ1n) is 27.4. The molecule has 12 rings (SSSR count). The molecule has 70 heavy (non-hydrogen) atoms. The van der Waals surface area contributed by atoms with Crippen LogP contribution in [0, 0.1) is 16.7 Å². The molecule has 0 spiro atoms. The molecule has 5 aromatic rings. The van der Waals surface area contributed by atoms with E-state index in [2.05, 4.69) is 223 Å². The topological polar surface area (TPSA) is 6.48 Å². The number of nitrogens with zero attached hydrogens (tertiary/aromatic N) is 2. The number of thioether (sulfide) groups is 1. The smallest absolute Gasteiger partial charge is 0.259 e. The quantitative estimate of drug-likeness (QED) is 0.166. The van der Waals surface area contributed by atoms with E-state index in [0.717, 1.165) is 0 Å². The van der Waals surface area contributed by atoms with Crippen molar-refractivity contribution in [2.24, 2.45) is 16.7 Å². The summed E-state index contributed by atoms with van der Waals surface area (Å²) >= 11 is 2.29. The van der Waals surface area contributed by atoms with E-state index in [9.17, 15) is 0 Å². The van der Waals surface area contributed by atoms with Crippen molar-refractivity contribution in [3.05, 3.63) is 135 Å². The van der Waals surface area contributed by atoms with Crippen molar-refractivity contribution in [3.63, 3.8) is 0 Å². The van der Waals surface area contributed by atoms with Gasteiger partial charge in [0.1, 0.15) is 0 Å². The largest absolute Gasteiger partial charge is 0.314 e. The summed E-state index contributed by atoms with van der Waals surface area (Å²) in [6, 6.07) is 37.5. The zero-order chi connectivity index (χ0) is 49.7. The van der Waals surface area contributed by atoms with Crippen LogP contribution in [0.2, 0.25) is 0 Å². The number of anilines is 5. The van der Waals surface area contributed by atoms with Gasteiger partial charge in [-0.05, 0) is 197 Å². The molecule has 0 bridgehead atoms. The molecule has 2 unspecified atom stereocenters. The van der Waals surface area contributed by atoms with Crippen LogP contribution in [-0.2, 0) is 32.5 Å². The highest BCUT2D eigenvalue weighted by atomic mass is 32.2. The minimum atomic E-state index is 0.0679. The Morgan fingerprint density at radius 3 is 1.39 bits per heavy atom. The average Bonchev–Trinajstić information content (AvgIpc) is 3.73. The lowest BCUT2D eigenvalue weighted by Gasteiger charge is -2.52. The third kappa shape index (κ3) is 6.71. The zero-order valence-electron chi connectivity index (χ0n) is 45.9. The van der Waals surface area contributed by atoms with Gasteiger partial charge in [0, 0.05) is 45.3 Å². The molecule has 3 aliphatic heterocycles. The van der Waals surface area contributed by atoms with E-state index in [1.54, 1.807) is 16.1 Å². The Labute approximate surface area is 428 Å². The minimum Gasteiger partial charge on any atom is -0.314 e. The van der Waals surface area contributed by atoms with E-state index in [0.29, 0.717) is 11.2 Å². The van der Waals surface area contributed by atoms with Crippen LogP contribution >= 0.6 is 11.8 Å². The van der Waals surface area contributed by atoms with Crippen molar-refractivity contribution >= 4 is 57.8 Å². The van der Waals surface area contributed by atoms with Crippen LogP contribution in [0.25, 0.3) is 11.1 Å². The molecule has 364 valence electrons. The summed E-state index contributed by atoms with van der Waals surface area (Å²) in [4.78, 5) is 7.26. The number of allylic oxidation sites excluding steroid dienone is 1. The van der Waals surface area contributed by atoms with Crippen LogP contribution in [0.1, 0.15) is 196 Å². The van der Waals surface area contributed by atoms with E-state index >= 15 is 0 Å². The van der Waals surface area contributed by atoms with Crippen LogP contribution in [-0.4, -0.2) is 12.0 Å². The van der Waals surface area contributed by atoms with Gasteiger partial charge in [0.25, 0.3) is 6.71 Å². The fourth-order valence-electron chi connectivity index (χ4n) is 15.2. The van der Waals surface area contributed by atoms with Gasteiger partial charge in [0.15, 0.2) is 0 Å². The lowest BCUT2D eigenvalue weighted by atomic mass is 9.35. The Morgan fingerprint density at radius 1 is 0.414 bits per heavy atom. The lowest BCUT2D eigenvalue weighted by molar-refractivity contribution is 0.0881. The lowest BCUT2D eigenvalue weighted by Crippen LogP contribution is -2.56. The van der Waals surface area contributed by atoms with Crippen molar-refractivity contribution in [1.29, 1.82) is 0 Å². The Morgan fingerprint density at radius 2 is 0.857 bits per heavy atom. The second-order valence-electron chi connectivity index (χ2n) is 28.9. The molecule has 0 aromatic heterocycles. The summed E-state index contributed by atoms with van der Waals surface area (Å²) in [5.41, 5.74) is 24.0. The zero-order valence-corrected chi connectivity index (χ0v) is 46.7. The third-order valence-corrected chi connectivity index (χ3v) is 22.3. The molecule has 4 aliphatic carbocycles. The van der Waals surface area contributed by atoms with Gasteiger partial charge in [-0.3, -0.25) is 0 Å². The fourth-order valence-corrected chi connectivity index (χ4v) is 17.2. The molecule has 7 aliphatic rings. The van der Waals surface area contributed by atoms with E-state index in [4.69, 9.17) is 0 Å². The second kappa shape index (κ2) is 14.8. The molecular formula is C66H81BN2S. The number of hydrogen-bond acceptors (Lipinski definition) is 3. The van der Waals surface area contributed by atoms with Gasteiger partial charge in [-0.15, -0.1) is 11.8 Å². The summed E-state index contributed by atoms with van der Waals surface area (Å²) in [6.07, 6.45) is 9.70. The van der Waals surface area contributed by atoms with Crippen LogP contribution in [0.4, 0.5) is 28.4 Å². The Balaban J connectivity index is 1.23. The van der Waals surface area contributed by atoms with Crippen molar-refractivity contribution in [1.82, 2.24) is 0 Å². The fraction of sp³-hybridized carbons (Fsp3) is 0.515. The Hall–Kier alpha value is -4.15. The van der Waals surface area contributed by atoms with Gasteiger partial charge in [0.05, 0.1) is 0 Å². The van der Waals surface area contributed by atoms with Gasteiger partial charge in [-0.2, -0.15) is 0 Å². The first kappa shape index (κ1) is 46.9. The van der Waals surface area contributed by atoms with Crippen LogP contribution in [0.15, 0.2) is 101 Å². The predicted octanol–water partition coefficient (Wildman–Crippen LogP) is 17.3. The van der Waals surface area contributed by atoms with Gasteiger partial charge in [-0.1, -0.05) is 159 Å². The molecule has 0 amide bonds. The number of rotatable bonds is 3. The molecule has 0 saturated heterocycles. The SMILES string of the molecule is CC1(C)CCC(C)(C)c2cc(N3C4=C(SC5C4C(C)(C)CCC5(C)C)B4c5cc6c(cc5N(c5ccc7c(c5)C(C)(C)CCC7(C)C)c5cc(-c7ccccc7)cc3c54)C(C)(C)CCC6(C)C)ccc21. The van der Waals surface area contributed by atoms with Crippen molar-refractivity contribution < 1.29 is 0 Å². The maximum atomic E-state index is 2.88. The van der Waals surface area contributed by atoms with Crippen LogP contribution in [0.5, 0.6) is 0 Å². The maximum Gasteiger partial charge on any atom is 0.259 e. The third-order valence-electron chi connectivity index (χ3n) is 20.4. The number of benzene rings is 5. The first-order chi connectivity index (χ1) is 32.6. The molecule has 2 atom stereocenters. The molecule has 3 heterocycles. The standard InChI is InChI=1S/C66H81BN2S/c1-59(2)26-28-61(5,6)46-36-42(22-24-44(46)59)68-51-39-49-48(63(9,10)30-31-64(49,11)12)38-50(51)67-55-52(68)34-41(40-20-18-17-19-21-40)35-53(55)69(43-23-25-45-47(37-43)62(7,8)29-27-60(45,3)4)56-54-57(70-58(56)67)66(15,16)33-32-65(54,13)14/h17-25,34-39,54,57H,26-33H2,1-16H3. The van der Waals surface area contributed by atoms with Crippen molar-refractivity contribution in [2.45, 2.75) is 200 Å². The van der Waals surface area contributed by atoms with Crippen LogP contribution < -0.4 is 20.7 Å². The molecule has 1 fully saturated rings. The van der Waals surface area contributed by atoms with Gasteiger partial charge in [0.2, 0.25) is 0 Å². The highest BCUT2D eigenvalue weighted by Crippen LogP contribution is 2.66. The van der Waals surface area contributed by atoms with Crippen molar-refractivity contribution in [3.8, 4) is 11.1 Å². The van der Waals surface area contributed by atoms with E-state index in [-0.39, 0.29) is 50.0 Å². The minimum absolute atomic E-state index is 0.0679. The molecular weight excluding hydrogens is 864 g/mol. The van der Waals surface area contributed by atoms with Crippen LogP contribution in [0.3, 0.4) is 0 Å². The summed E-state index contributed by atoms with van der Waals surface area (Å²) in [6.45, 7) is 40.6. The molecule has 4 heteroatoms. The van der Waals surface area contributed by atoms with E-state index in [1.807, 2.05) is 0 Å². The normalized spacial score (nSPS) is 26.0. The summed E-state index contributed by atoms with van der Waals surface area (Å²) < 4.78 is 0. The molecule has 5 aromatic carbocycles. The molecule has 1 saturated carbocycles.